The number of anilines is 1. The van der Waals surface area contributed by atoms with Crippen LogP contribution in [0, 0.1) is 18.6 Å². The van der Waals surface area contributed by atoms with E-state index in [9.17, 15) is 13.6 Å². The van der Waals surface area contributed by atoms with E-state index in [0.29, 0.717) is 21.6 Å². The maximum atomic E-state index is 13.8. The highest BCUT2D eigenvalue weighted by atomic mass is 79.9. The van der Waals surface area contributed by atoms with Gasteiger partial charge in [-0.25, -0.2) is 13.8 Å². The highest BCUT2D eigenvalue weighted by Crippen LogP contribution is 2.21. The van der Waals surface area contributed by atoms with Crippen LogP contribution in [0.4, 0.5) is 14.5 Å². The molecule has 1 amide bonds. The van der Waals surface area contributed by atoms with Crippen LogP contribution in [-0.4, -0.2) is 22.5 Å². The normalized spacial score (nSPS) is 10.5. The predicted molar refractivity (Wildman–Crippen MR) is 100 cm³/mol. The average molecular weight is 434 g/mol. The SMILES string of the molecule is Cc1cc(OCC(=O)Nc2ccc(Br)cc2F)nc(-c2ccc(F)cc2)n1. The second-order valence-corrected chi connectivity index (χ2v) is 6.55. The summed E-state index contributed by atoms with van der Waals surface area (Å²) in [5, 5.41) is 2.43. The van der Waals surface area contributed by atoms with Gasteiger partial charge in [-0.15, -0.1) is 0 Å². The van der Waals surface area contributed by atoms with E-state index in [-0.39, 0.29) is 24.0 Å². The van der Waals surface area contributed by atoms with Crippen LogP contribution in [0.5, 0.6) is 5.88 Å². The minimum Gasteiger partial charge on any atom is -0.467 e. The van der Waals surface area contributed by atoms with Gasteiger partial charge in [0, 0.05) is 21.8 Å². The van der Waals surface area contributed by atoms with Crippen molar-refractivity contribution in [2.45, 2.75) is 6.92 Å². The summed E-state index contributed by atoms with van der Waals surface area (Å²) in [6.07, 6.45) is 0. The van der Waals surface area contributed by atoms with Gasteiger partial charge in [0.05, 0.1) is 5.69 Å². The molecule has 0 atom stereocenters. The maximum absolute atomic E-state index is 13.8. The molecule has 0 saturated carbocycles. The molecule has 1 N–H and O–H groups in total. The van der Waals surface area contributed by atoms with Crippen molar-refractivity contribution in [3.05, 3.63) is 70.3 Å². The van der Waals surface area contributed by atoms with Crippen molar-refractivity contribution < 1.29 is 18.3 Å². The number of hydrogen-bond acceptors (Lipinski definition) is 4. The van der Waals surface area contributed by atoms with Gasteiger partial charge in [-0.2, -0.15) is 4.98 Å². The highest BCUT2D eigenvalue weighted by molar-refractivity contribution is 9.10. The number of amides is 1. The Hall–Kier alpha value is -2.87. The topological polar surface area (TPSA) is 64.1 Å². The van der Waals surface area contributed by atoms with Crippen LogP contribution in [0.15, 0.2) is 53.0 Å². The molecule has 0 saturated heterocycles. The van der Waals surface area contributed by atoms with Crippen LogP contribution in [0.2, 0.25) is 0 Å². The molecule has 5 nitrogen and oxygen atoms in total. The third kappa shape index (κ3) is 5.07. The molecule has 0 aliphatic heterocycles. The van der Waals surface area contributed by atoms with E-state index in [0.717, 1.165) is 0 Å². The molecular weight excluding hydrogens is 420 g/mol. The number of halogens is 3. The van der Waals surface area contributed by atoms with E-state index in [1.54, 1.807) is 31.2 Å². The minimum absolute atomic E-state index is 0.0534. The zero-order valence-corrected chi connectivity index (χ0v) is 15.8. The summed E-state index contributed by atoms with van der Waals surface area (Å²) >= 11 is 3.15. The minimum atomic E-state index is -0.561. The molecule has 1 aromatic heterocycles. The lowest BCUT2D eigenvalue weighted by Crippen LogP contribution is -2.21. The van der Waals surface area contributed by atoms with Crippen molar-refractivity contribution in [3.8, 4) is 17.3 Å². The Bertz CT molecular complexity index is 981. The first kappa shape index (κ1) is 18.9. The summed E-state index contributed by atoms with van der Waals surface area (Å²) in [6, 6.07) is 11.6. The Labute approximate surface area is 162 Å². The summed E-state index contributed by atoms with van der Waals surface area (Å²) in [7, 11) is 0. The number of rotatable bonds is 5. The van der Waals surface area contributed by atoms with Crippen LogP contribution in [0.25, 0.3) is 11.4 Å². The molecule has 0 spiro atoms. The number of aryl methyl sites for hydroxylation is 1. The number of nitrogens with zero attached hydrogens (tertiary/aromatic N) is 2. The molecule has 2 aromatic carbocycles. The first-order valence-corrected chi connectivity index (χ1v) is 8.69. The molecule has 27 heavy (non-hydrogen) atoms. The van der Waals surface area contributed by atoms with Gasteiger partial charge in [-0.3, -0.25) is 4.79 Å². The first-order valence-electron chi connectivity index (χ1n) is 7.90. The monoisotopic (exact) mass is 433 g/mol. The fourth-order valence-corrected chi connectivity index (χ4v) is 2.59. The molecule has 3 rings (SSSR count). The molecular formula is C19H14BrF2N3O2. The van der Waals surface area contributed by atoms with E-state index in [4.69, 9.17) is 4.74 Å². The van der Waals surface area contributed by atoms with Gasteiger partial charge >= 0.3 is 0 Å². The molecule has 8 heteroatoms. The third-order valence-electron chi connectivity index (χ3n) is 3.49. The Kier molecular flexibility index (Phi) is 5.75. The zero-order valence-electron chi connectivity index (χ0n) is 14.2. The highest BCUT2D eigenvalue weighted by Gasteiger charge is 2.11. The van der Waals surface area contributed by atoms with Crippen LogP contribution >= 0.6 is 15.9 Å². The van der Waals surface area contributed by atoms with Gasteiger partial charge in [0.25, 0.3) is 5.91 Å². The molecule has 1 heterocycles. The van der Waals surface area contributed by atoms with Gasteiger partial charge in [0.1, 0.15) is 11.6 Å². The fraction of sp³-hybridized carbons (Fsp3) is 0.105. The number of carbonyl (C=O) groups excluding carboxylic acids is 1. The van der Waals surface area contributed by atoms with Crippen LogP contribution < -0.4 is 10.1 Å². The zero-order chi connectivity index (χ0) is 19.4. The predicted octanol–water partition coefficient (Wildman–Crippen LogP) is 4.51. The number of nitrogens with one attached hydrogen (secondary N) is 1. The van der Waals surface area contributed by atoms with Crippen LogP contribution in [0.1, 0.15) is 5.69 Å². The van der Waals surface area contributed by atoms with Crippen molar-refractivity contribution in [3.63, 3.8) is 0 Å². The summed E-state index contributed by atoms with van der Waals surface area (Å²) in [4.78, 5) is 20.5. The smallest absolute Gasteiger partial charge is 0.262 e. The molecule has 0 aliphatic carbocycles. The molecule has 0 unspecified atom stereocenters. The summed E-state index contributed by atoms with van der Waals surface area (Å²) in [5.41, 5.74) is 1.29. The number of carbonyl (C=O) groups is 1. The Morgan fingerprint density at radius 2 is 1.85 bits per heavy atom. The van der Waals surface area contributed by atoms with E-state index in [1.807, 2.05) is 0 Å². The number of benzene rings is 2. The number of aromatic nitrogens is 2. The Morgan fingerprint density at radius 3 is 2.56 bits per heavy atom. The molecule has 0 fully saturated rings. The largest absolute Gasteiger partial charge is 0.467 e. The first-order chi connectivity index (χ1) is 12.9. The second kappa shape index (κ2) is 8.22. The van der Waals surface area contributed by atoms with Crippen molar-refractivity contribution in [2.75, 3.05) is 11.9 Å². The standard InChI is InChI=1S/C19H14BrF2N3O2/c1-11-8-18(25-19(23-11)12-2-5-14(21)6-3-12)27-10-17(26)24-16-7-4-13(20)9-15(16)22/h2-9H,10H2,1H3,(H,24,26). The van der Waals surface area contributed by atoms with E-state index in [2.05, 4.69) is 31.2 Å². The van der Waals surface area contributed by atoms with Crippen molar-refractivity contribution in [2.24, 2.45) is 0 Å². The Morgan fingerprint density at radius 1 is 1.11 bits per heavy atom. The summed E-state index contributed by atoms with van der Waals surface area (Å²) < 4.78 is 32.8. The van der Waals surface area contributed by atoms with Crippen LogP contribution in [-0.2, 0) is 4.79 Å². The van der Waals surface area contributed by atoms with E-state index in [1.165, 1.54) is 24.3 Å². The maximum Gasteiger partial charge on any atom is 0.262 e. The third-order valence-corrected chi connectivity index (χ3v) is 3.98. The average Bonchev–Trinajstić information content (AvgIpc) is 2.62. The molecule has 0 aliphatic rings. The second-order valence-electron chi connectivity index (χ2n) is 5.64. The van der Waals surface area contributed by atoms with Gasteiger partial charge in [-0.05, 0) is 49.4 Å². The fourth-order valence-electron chi connectivity index (χ4n) is 2.26. The van der Waals surface area contributed by atoms with Gasteiger partial charge in [0.2, 0.25) is 5.88 Å². The van der Waals surface area contributed by atoms with Gasteiger partial charge in [-0.1, -0.05) is 15.9 Å². The lowest BCUT2D eigenvalue weighted by atomic mass is 10.2. The van der Waals surface area contributed by atoms with Crippen molar-refractivity contribution in [1.29, 1.82) is 0 Å². The lowest BCUT2D eigenvalue weighted by molar-refractivity contribution is -0.118. The van der Waals surface area contributed by atoms with E-state index >= 15 is 0 Å². The summed E-state index contributed by atoms with van der Waals surface area (Å²) in [5.74, 6) is -0.914. The van der Waals surface area contributed by atoms with Gasteiger partial charge < -0.3 is 10.1 Å². The number of ether oxygens (including phenoxy) is 1. The molecule has 0 bridgehead atoms. The molecule has 3 aromatic rings. The van der Waals surface area contributed by atoms with Crippen molar-refractivity contribution >= 4 is 27.5 Å². The molecule has 138 valence electrons. The van der Waals surface area contributed by atoms with Gasteiger partial charge in [0.15, 0.2) is 12.4 Å². The number of hydrogen-bond donors (Lipinski definition) is 1. The lowest BCUT2D eigenvalue weighted by Gasteiger charge is -2.09. The van der Waals surface area contributed by atoms with Crippen molar-refractivity contribution in [1.82, 2.24) is 9.97 Å². The quantitative estimate of drug-likeness (QED) is 0.642. The van der Waals surface area contributed by atoms with E-state index < -0.39 is 11.7 Å². The summed E-state index contributed by atoms with van der Waals surface area (Å²) in [6.45, 7) is 1.40. The van der Waals surface area contributed by atoms with Crippen LogP contribution in [0.3, 0.4) is 0 Å². The molecule has 0 radical (unpaired) electrons. The Balaban J connectivity index is 1.68.